The molecule has 0 aliphatic rings. The van der Waals surface area contributed by atoms with Crippen molar-refractivity contribution in [2.75, 3.05) is 16.6 Å². The van der Waals surface area contributed by atoms with Crippen LogP contribution in [0.25, 0.3) is 22.2 Å². The third-order valence-corrected chi connectivity index (χ3v) is 7.40. The Bertz CT molecular complexity index is 1720. The molecule has 0 atom stereocenters. The second-order valence-electron chi connectivity index (χ2n) is 8.38. The number of benzene rings is 3. The van der Waals surface area contributed by atoms with Gasteiger partial charge in [0.05, 0.1) is 27.8 Å². The van der Waals surface area contributed by atoms with E-state index in [0.717, 1.165) is 35.4 Å². The van der Waals surface area contributed by atoms with Gasteiger partial charge in [-0.2, -0.15) is 0 Å². The summed E-state index contributed by atoms with van der Waals surface area (Å²) in [5, 5.41) is 3.19. The van der Waals surface area contributed by atoms with E-state index >= 15 is 0 Å². The summed E-state index contributed by atoms with van der Waals surface area (Å²) in [4.78, 5) is 13.1. The van der Waals surface area contributed by atoms with Gasteiger partial charge < -0.3 is 5.32 Å². The highest BCUT2D eigenvalue weighted by molar-refractivity contribution is 7.92. The van der Waals surface area contributed by atoms with Crippen molar-refractivity contribution < 1.29 is 17.2 Å². The first-order valence-electron chi connectivity index (χ1n) is 11.5. The molecule has 5 rings (SSSR count). The summed E-state index contributed by atoms with van der Waals surface area (Å²) in [7, 11) is -4.01. The summed E-state index contributed by atoms with van der Waals surface area (Å²) in [5.41, 5.74) is 3.70. The van der Waals surface area contributed by atoms with Crippen LogP contribution in [-0.2, 0) is 16.4 Å². The van der Waals surface area contributed by atoms with E-state index in [0.29, 0.717) is 35.4 Å². The van der Waals surface area contributed by atoms with Crippen LogP contribution in [0.2, 0.25) is 5.15 Å². The van der Waals surface area contributed by atoms with Gasteiger partial charge in [-0.25, -0.2) is 27.2 Å². The van der Waals surface area contributed by atoms with Crippen molar-refractivity contribution in [3.05, 3.63) is 108 Å². The molecule has 0 aliphatic carbocycles. The van der Waals surface area contributed by atoms with E-state index in [2.05, 4.69) is 25.0 Å². The van der Waals surface area contributed by atoms with E-state index in [-0.39, 0.29) is 21.6 Å². The molecule has 2 aromatic heterocycles. The minimum atomic E-state index is -4.01. The molecule has 2 heterocycles. The molecule has 192 valence electrons. The zero-order valence-electron chi connectivity index (χ0n) is 19.7. The number of anilines is 2. The van der Waals surface area contributed by atoms with Crippen LogP contribution in [0.1, 0.15) is 5.56 Å². The van der Waals surface area contributed by atoms with Crippen molar-refractivity contribution >= 4 is 44.2 Å². The van der Waals surface area contributed by atoms with Gasteiger partial charge in [0.2, 0.25) is 0 Å². The van der Waals surface area contributed by atoms with Crippen molar-refractivity contribution in [2.45, 2.75) is 11.3 Å². The Hall–Kier alpha value is -4.15. The highest BCUT2D eigenvalue weighted by Crippen LogP contribution is 2.30. The van der Waals surface area contributed by atoms with Crippen LogP contribution in [-0.4, -0.2) is 29.9 Å². The summed E-state index contributed by atoms with van der Waals surface area (Å²) < 4.78 is 54.2. The molecule has 7 nitrogen and oxygen atoms in total. The Kier molecular flexibility index (Phi) is 7.17. The average Bonchev–Trinajstić information content (AvgIpc) is 2.91. The van der Waals surface area contributed by atoms with Crippen LogP contribution < -0.4 is 10.0 Å². The predicted octanol–water partition coefficient (Wildman–Crippen LogP) is 6.08. The van der Waals surface area contributed by atoms with Gasteiger partial charge >= 0.3 is 0 Å². The van der Waals surface area contributed by atoms with Gasteiger partial charge in [-0.3, -0.25) is 9.71 Å². The van der Waals surface area contributed by atoms with Crippen molar-refractivity contribution in [3.63, 3.8) is 0 Å². The van der Waals surface area contributed by atoms with E-state index in [1.54, 1.807) is 30.5 Å². The normalized spacial score (nSPS) is 11.4. The molecule has 0 amide bonds. The summed E-state index contributed by atoms with van der Waals surface area (Å²) in [6, 6.07) is 17.8. The first-order chi connectivity index (χ1) is 18.3. The highest BCUT2D eigenvalue weighted by atomic mass is 35.5. The molecule has 11 heteroatoms. The SMILES string of the molecule is O=S(=O)(Nc1cc(-c2ccc3ncc(NCCc4ccc(F)cc4)nc3c2)cnc1Cl)c1ccc(F)cc1. The molecule has 0 radical (unpaired) electrons. The lowest BCUT2D eigenvalue weighted by atomic mass is 10.1. The van der Waals surface area contributed by atoms with Crippen molar-refractivity contribution in [1.29, 1.82) is 0 Å². The number of pyridine rings is 1. The molecule has 0 aliphatic heterocycles. The Morgan fingerprint density at radius 3 is 2.24 bits per heavy atom. The minimum absolute atomic E-state index is 0.0346. The summed E-state index contributed by atoms with van der Waals surface area (Å²) >= 11 is 6.17. The molecule has 3 aromatic carbocycles. The molecule has 38 heavy (non-hydrogen) atoms. The number of nitrogens with zero attached hydrogens (tertiary/aromatic N) is 3. The molecular formula is C27H20ClF2N5O2S. The lowest BCUT2D eigenvalue weighted by Gasteiger charge is -2.11. The third-order valence-electron chi connectivity index (χ3n) is 5.72. The Labute approximate surface area is 222 Å². The monoisotopic (exact) mass is 551 g/mol. The maximum absolute atomic E-state index is 13.2. The lowest BCUT2D eigenvalue weighted by Crippen LogP contribution is -2.13. The molecule has 0 unspecified atom stereocenters. The number of nitrogens with one attached hydrogen (secondary N) is 2. The second-order valence-corrected chi connectivity index (χ2v) is 10.4. The maximum Gasteiger partial charge on any atom is 0.261 e. The lowest BCUT2D eigenvalue weighted by molar-refractivity contribution is 0.599. The summed E-state index contributed by atoms with van der Waals surface area (Å²) in [6.45, 7) is 0.587. The minimum Gasteiger partial charge on any atom is -0.368 e. The first kappa shape index (κ1) is 25.5. The molecule has 0 spiro atoms. The van der Waals surface area contributed by atoms with Crippen molar-refractivity contribution in [1.82, 2.24) is 15.0 Å². The zero-order valence-corrected chi connectivity index (χ0v) is 21.3. The van der Waals surface area contributed by atoms with E-state index in [9.17, 15) is 17.2 Å². The van der Waals surface area contributed by atoms with Crippen LogP contribution in [0.4, 0.5) is 20.3 Å². The molecule has 0 saturated heterocycles. The van der Waals surface area contributed by atoms with Gasteiger partial charge in [-0.15, -0.1) is 0 Å². The summed E-state index contributed by atoms with van der Waals surface area (Å²) in [5.74, 6) is -0.235. The van der Waals surface area contributed by atoms with Gasteiger partial charge in [0.15, 0.2) is 5.15 Å². The second kappa shape index (κ2) is 10.7. The predicted molar refractivity (Wildman–Crippen MR) is 144 cm³/mol. The first-order valence-corrected chi connectivity index (χ1v) is 13.3. The number of hydrogen-bond donors (Lipinski definition) is 2. The van der Waals surface area contributed by atoms with Gasteiger partial charge in [-0.1, -0.05) is 29.8 Å². The van der Waals surface area contributed by atoms with Gasteiger partial charge in [-0.05, 0) is 72.1 Å². The van der Waals surface area contributed by atoms with Crippen molar-refractivity contribution in [3.8, 4) is 11.1 Å². The highest BCUT2D eigenvalue weighted by Gasteiger charge is 2.17. The fourth-order valence-corrected chi connectivity index (χ4v) is 5.02. The standard InChI is InChI=1S/C27H20ClF2N5O2S/c28-27-25(35-38(36,37)22-8-6-21(30)7-9-22)14-19(15-33-27)18-3-10-23-24(13-18)34-26(16-32-23)31-12-11-17-1-4-20(29)5-2-17/h1-10,13-16,35H,11-12H2,(H,31,34). The van der Waals surface area contributed by atoms with Crippen LogP contribution in [0, 0.1) is 11.6 Å². The third kappa shape index (κ3) is 5.87. The molecular weight excluding hydrogens is 532 g/mol. The fourth-order valence-electron chi connectivity index (χ4n) is 3.76. The smallest absolute Gasteiger partial charge is 0.261 e. The maximum atomic E-state index is 13.2. The number of rotatable bonds is 8. The number of hydrogen-bond acceptors (Lipinski definition) is 6. The molecule has 0 fully saturated rings. The Balaban J connectivity index is 1.36. The van der Waals surface area contributed by atoms with E-state index in [1.807, 2.05) is 12.1 Å². The quantitative estimate of drug-likeness (QED) is 0.227. The van der Waals surface area contributed by atoms with E-state index < -0.39 is 15.8 Å². The molecule has 0 saturated carbocycles. The number of fused-ring (bicyclic) bond motifs is 1. The topological polar surface area (TPSA) is 96.9 Å². The molecule has 2 N–H and O–H groups in total. The van der Waals surface area contributed by atoms with Gasteiger partial charge in [0.25, 0.3) is 10.0 Å². The molecule has 0 bridgehead atoms. The average molecular weight is 552 g/mol. The van der Waals surface area contributed by atoms with Crippen LogP contribution in [0.3, 0.4) is 0 Å². The molecule has 5 aromatic rings. The van der Waals surface area contributed by atoms with Crippen LogP contribution in [0.5, 0.6) is 0 Å². The van der Waals surface area contributed by atoms with Crippen LogP contribution >= 0.6 is 11.6 Å². The van der Waals surface area contributed by atoms with E-state index in [1.165, 1.54) is 18.3 Å². The van der Waals surface area contributed by atoms with Gasteiger partial charge in [0.1, 0.15) is 17.5 Å². The fraction of sp³-hybridized carbons (Fsp3) is 0.0741. The van der Waals surface area contributed by atoms with Crippen LogP contribution in [0.15, 0.2) is 90.1 Å². The Morgan fingerprint density at radius 1 is 0.789 bits per heavy atom. The van der Waals surface area contributed by atoms with Crippen molar-refractivity contribution in [2.24, 2.45) is 0 Å². The summed E-state index contributed by atoms with van der Waals surface area (Å²) in [6.07, 6.45) is 3.85. The Morgan fingerprint density at radius 2 is 1.50 bits per heavy atom. The zero-order chi connectivity index (χ0) is 26.7. The van der Waals surface area contributed by atoms with Gasteiger partial charge in [0, 0.05) is 18.3 Å². The number of halogens is 3. The number of aromatic nitrogens is 3. The largest absolute Gasteiger partial charge is 0.368 e. The number of sulfonamides is 1. The van der Waals surface area contributed by atoms with E-state index in [4.69, 9.17) is 11.6 Å².